The number of amides is 1. The first kappa shape index (κ1) is 32.1. The number of hydrogen-bond donors (Lipinski definition) is 1. The van der Waals surface area contributed by atoms with Crippen LogP contribution in [0.5, 0.6) is 6.01 Å². The van der Waals surface area contributed by atoms with Crippen LogP contribution in [0.4, 0.5) is 19.4 Å². The quantitative estimate of drug-likeness (QED) is 0.201. The number of fused-ring (bicyclic) bond motifs is 5. The van der Waals surface area contributed by atoms with Crippen LogP contribution in [0.2, 0.25) is 0 Å². The van der Waals surface area contributed by atoms with E-state index in [4.69, 9.17) is 25.9 Å². The number of nitrogens with one attached hydrogen (secondary N) is 1. The number of likely N-dealkylation sites (tertiary alicyclic amines) is 1. The number of carbonyl (C=O) groups is 1. The van der Waals surface area contributed by atoms with Crippen LogP contribution in [-0.2, 0) is 4.74 Å². The van der Waals surface area contributed by atoms with Crippen LogP contribution in [0.15, 0.2) is 48.7 Å². The van der Waals surface area contributed by atoms with Crippen LogP contribution in [0.25, 0.3) is 32.9 Å². The van der Waals surface area contributed by atoms with Crippen LogP contribution in [0.3, 0.4) is 0 Å². The van der Waals surface area contributed by atoms with Gasteiger partial charge in [0.1, 0.15) is 36.1 Å². The lowest BCUT2D eigenvalue weighted by Gasteiger charge is -2.35. The fourth-order valence-corrected chi connectivity index (χ4v) is 8.88. The molecule has 4 atom stereocenters. The van der Waals surface area contributed by atoms with Gasteiger partial charge in [-0.05, 0) is 50.0 Å². The maximum absolute atomic E-state index is 17.0. The normalized spacial score (nSPS) is 25.7. The molecule has 4 aromatic rings. The van der Waals surface area contributed by atoms with E-state index in [0.717, 1.165) is 70.3 Å². The minimum absolute atomic E-state index is 0.0226. The Labute approximate surface area is 294 Å². The minimum Gasteiger partial charge on any atom is -0.461 e. The second kappa shape index (κ2) is 12.4. The average Bonchev–Trinajstić information content (AvgIpc) is 3.74. The number of benzene rings is 2. The molecule has 5 aliphatic rings. The van der Waals surface area contributed by atoms with Crippen LogP contribution in [0, 0.1) is 24.0 Å². The number of hydrogen-bond acceptors (Lipinski definition) is 9. The Hall–Kier alpha value is -4.86. The third-order valence-electron chi connectivity index (χ3n) is 11.5. The van der Waals surface area contributed by atoms with Gasteiger partial charge in [0, 0.05) is 68.0 Å². The van der Waals surface area contributed by atoms with Gasteiger partial charge >= 0.3 is 12.1 Å². The van der Waals surface area contributed by atoms with Crippen LogP contribution < -0.4 is 15.0 Å². The molecule has 1 N–H and O–H groups in total. The van der Waals surface area contributed by atoms with Crippen LogP contribution in [0.1, 0.15) is 44.1 Å². The molecule has 1 amide bonds. The van der Waals surface area contributed by atoms with E-state index in [0.29, 0.717) is 52.8 Å². The summed E-state index contributed by atoms with van der Waals surface area (Å²) in [7, 11) is 0. The van der Waals surface area contributed by atoms with Gasteiger partial charge in [0.05, 0.1) is 16.5 Å². The number of pyridine rings is 1. The molecule has 2 aromatic carbocycles. The average molecular weight is 692 g/mol. The Kier molecular flexibility index (Phi) is 7.81. The summed E-state index contributed by atoms with van der Waals surface area (Å²) in [6.07, 6.45) is 12.7. The third-order valence-corrected chi connectivity index (χ3v) is 11.5. The second-order valence-corrected chi connectivity index (χ2v) is 14.7. The molecule has 5 aliphatic heterocycles. The van der Waals surface area contributed by atoms with Crippen molar-refractivity contribution in [2.75, 3.05) is 50.8 Å². The van der Waals surface area contributed by atoms with Crippen LogP contribution >= 0.6 is 0 Å². The lowest BCUT2D eigenvalue weighted by atomic mass is 9.94. The highest BCUT2D eigenvalue weighted by Gasteiger charge is 2.51. The highest BCUT2D eigenvalue weighted by atomic mass is 19.1. The Morgan fingerprint density at radius 2 is 1.94 bits per heavy atom. The first-order valence-electron chi connectivity index (χ1n) is 17.8. The highest BCUT2D eigenvalue weighted by Crippen LogP contribution is 2.45. The zero-order valence-corrected chi connectivity index (χ0v) is 28.3. The molecule has 12 heteroatoms. The van der Waals surface area contributed by atoms with E-state index in [1.165, 1.54) is 6.07 Å². The number of aromatic nitrogens is 3. The molecular formula is C39H39F2N7O3. The summed E-state index contributed by atoms with van der Waals surface area (Å²) < 4.78 is 44.0. The number of ether oxygens (including phenoxy) is 2. The number of carbonyl (C=O) groups excluding carboxylic acids is 1. The zero-order chi connectivity index (χ0) is 34.9. The van der Waals surface area contributed by atoms with Crippen LogP contribution in [-0.4, -0.2) is 100 Å². The Bertz CT molecular complexity index is 2120. The van der Waals surface area contributed by atoms with Crippen molar-refractivity contribution in [3.8, 4) is 29.6 Å². The van der Waals surface area contributed by atoms with Crippen molar-refractivity contribution >= 4 is 33.6 Å². The molecule has 51 heavy (non-hydrogen) atoms. The second-order valence-electron chi connectivity index (χ2n) is 14.7. The summed E-state index contributed by atoms with van der Waals surface area (Å²) in [5, 5.41) is 5.23. The number of anilines is 1. The van der Waals surface area contributed by atoms with Crippen molar-refractivity contribution < 1.29 is 23.0 Å². The summed E-state index contributed by atoms with van der Waals surface area (Å²) in [6.45, 7) is 8.49. The molecular weight excluding hydrogens is 652 g/mol. The monoisotopic (exact) mass is 691 g/mol. The molecule has 0 radical (unpaired) electrons. The zero-order valence-electron chi connectivity index (χ0n) is 28.3. The molecule has 0 aliphatic carbocycles. The van der Waals surface area contributed by atoms with Crippen molar-refractivity contribution in [2.24, 2.45) is 0 Å². The molecule has 9 rings (SSSR count). The lowest BCUT2D eigenvalue weighted by molar-refractivity contribution is 0.0368. The van der Waals surface area contributed by atoms with E-state index in [-0.39, 0.29) is 47.1 Å². The fraction of sp³-hybridized carbons (Fsp3) is 0.436. The van der Waals surface area contributed by atoms with E-state index in [1.807, 2.05) is 6.07 Å². The SMILES string of the molecule is C#Cc1c(F)ccc2cccc(-c3ncc4c(N5CC6CCC(C5)N6)nc(OC[C@@]56CC[C@@H](COC(=O)N7CCC7)N5CC(=C)C6)nc4c3F)c12. The van der Waals surface area contributed by atoms with Crippen molar-refractivity contribution in [2.45, 2.75) is 62.2 Å². The predicted octanol–water partition coefficient (Wildman–Crippen LogP) is 5.43. The number of piperazine rings is 1. The smallest absolute Gasteiger partial charge is 0.409 e. The molecule has 0 saturated carbocycles. The molecule has 5 saturated heterocycles. The largest absolute Gasteiger partial charge is 0.461 e. The summed E-state index contributed by atoms with van der Waals surface area (Å²) >= 11 is 0. The van der Waals surface area contributed by atoms with Crippen molar-refractivity contribution in [3.05, 3.63) is 65.9 Å². The van der Waals surface area contributed by atoms with Gasteiger partial charge in [-0.25, -0.2) is 13.6 Å². The first-order valence-corrected chi connectivity index (χ1v) is 17.8. The van der Waals surface area contributed by atoms with Crippen molar-refractivity contribution in [1.29, 1.82) is 0 Å². The van der Waals surface area contributed by atoms with Gasteiger partial charge in [-0.15, -0.1) is 6.42 Å². The van der Waals surface area contributed by atoms with Gasteiger partial charge in [-0.3, -0.25) is 9.88 Å². The van der Waals surface area contributed by atoms with Gasteiger partial charge in [-0.1, -0.05) is 42.3 Å². The Morgan fingerprint density at radius 1 is 1.12 bits per heavy atom. The number of nitrogens with zero attached hydrogens (tertiary/aromatic N) is 6. The molecule has 2 unspecified atom stereocenters. The van der Waals surface area contributed by atoms with Gasteiger partial charge in [0.2, 0.25) is 0 Å². The van der Waals surface area contributed by atoms with E-state index in [9.17, 15) is 9.18 Å². The number of rotatable bonds is 7. The number of terminal acetylenes is 1. The van der Waals surface area contributed by atoms with Gasteiger partial charge < -0.3 is 24.6 Å². The number of halogens is 2. The Morgan fingerprint density at radius 3 is 2.71 bits per heavy atom. The standard InChI is InChI=1S/C39H39F2N7O3/c1-3-28-31(40)11-8-24-6-4-7-29(32(24)28)34-33(41)35-30(17-42-34)36(47-19-25-9-10-26(20-47)43-25)45-37(44-35)51-22-39-13-12-27(48(39)18-23(2)16-39)21-50-38(49)46-14-5-15-46/h1,4,6-8,11,17,25-27,43H,2,5,9-10,12-16,18-22H2/t25?,26?,27-,39-/m0/s1. The molecule has 10 nitrogen and oxygen atoms in total. The molecule has 2 aromatic heterocycles. The summed E-state index contributed by atoms with van der Waals surface area (Å²) in [5.74, 6) is 1.82. The topological polar surface area (TPSA) is 96.0 Å². The van der Waals surface area contributed by atoms with Gasteiger partial charge in [0.15, 0.2) is 5.82 Å². The summed E-state index contributed by atoms with van der Waals surface area (Å²) in [6, 6.07) is 8.98. The molecule has 0 spiro atoms. The summed E-state index contributed by atoms with van der Waals surface area (Å²) in [4.78, 5) is 32.9. The van der Waals surface area contributed by atoms with Gasteiger partial charge in [0.25, 0.3) is 0 Å². The van der Waals surface area contributed by atoms with Crippen molar-refractivity contribution in [3.63, 3.8) is 0 Å². The summed E-state index contributed by atoms with van der Waals surface area (Å²) in [5.41, 5.74) is 1.27. The maximum Gasteiger partial charge on any atom is 0.409 e. The van der Waals surface area contributed by atoms with E-state index < -0.39 is 11.6 Å². The van der Waals surface area contributed by atoms with Gasteiger partial charge in [-0.2, -0.15) is 9.97 Å². The third kappa shape index (κ3) is 5.45. The maximum atomic E-state index is 17.0. The van der Waals surface area contributed by atoms with E-state index >= 15 is 4.39 Å². The van der Waals surface area contributed by atoms with E-state index in [2.05, 4.69) is 32.6 Å². The minimum atomic E-state index is -0.655. The molecule has 7 heterocycles. The van der Waals surface area contributed by atoms with Crippen molar-refractivity contribution in [1.82, 2.24) is 30.1 Å². The first-order chi connectivity index (χ1) is 24.8. The fourth-order valence-electron chi connectivity index (χ4n) is 8.88. The van der Waals surface area contributed by atoms with E-state index in [1.54, 1.807) is 29.3 Å². The predicted molar refractivity (Wildman–Crippen MR) is 190 cm³/mol. The molecule has 262 valence electrons. The Balaban J connectivity index is 1.08. The lowest BCUT2D eigenvalue weighted by Crippen LogP contribution is -2.51. The molecule has 2 bridgehead atoms. The molecule has 5 fully saturated rings. The highest BCUT2D eigenvalue weighted by molar-refractivity contribution is 6.02.